The van der Waals surface area contributed by atoms with Crippen molar-refractivity contribution in [1.29, 1.82) is 0 Å². The van der Waals surface area contributed by atoms with Crippen molar-refractivity contribution in [2.45, 2.75) is 19.8 Å². The Kier molecular flexibility index (Phi) is 7.60. The fraction of sp³-hybridized carbons (Fsp3) is 0.526. The molecule has 29 heavy (non-hydrogen) atoms. The van der Waals surface area contributed by atoms with Crippen LogP contribution in [0.1, 0.15) is 30.1 Å². The number of likely N-dealkylation sites (tertiary alicyclic amines) is 1. The highest BCUT2D eigenvalue weighted by Gasteiger charge is 2.30. The second-order valence-corrected chi connectivity index (χ2v) is 8.80. The lowest BCUT2D eigenvalue weighted by Crippen LogP contribution is -2.47. The number of benzene rings is 1. The third-order valence-electron chi connectivity index (χ3n) is 4.53. The van der Waals surface area contributed by atoms with E-state index in [-0.39, 0.29) is 42.1 Å². The molecule has 2 rings (SSSR count). The molecule has 1 saturated heterocycles. The zero-order chi connectivity index (χ0) is 21.6. The Morgan fingerprint density at radius 3 is 2.69 bits per heavy atom. The lowest BCUT2D eigenvalue weighted by Gasteiger charge is -2.32. The van der Waals surface area contributed by atoms with Gasteiger partial charge in [-0.3, -0.25) is 19.1 Å². The van der Waals surface area contributed by atoms with Crippen LogP contribution in [0.5, 0.6) is 0 Å². The molecule has 0 aliphatic carbocycles. The van der Waals surface area contributed by atoms with Crippen LogP contribution in [0, 0.1) is 5.92 Å². The molecule has 1 fully saturated rings. The minimum Gasteiger partial charge on any atom is -0.466 e. The first kappa shape index (κ1) is 22.7. The maximum atomic E-state index is 12.6. The molecule has 0 spiro atoms. The van der Waals surface area contributed by atoms with Crippen molar-refractivity contribution in [2.24, 2.45) is 5.92 Å². The van der Waals surface area contributed by atoms with E-state index >= 15 is 0 Å². The molecule has 1 aliphatic heterocycles. The first-order valence-corrected chi connectivity index (χ1v) is 11.3. The number of likely N-dealkylation sites (N-methyl/N-ethyl adjacent to an activating group) is 1. The van der Waals surface area contributed by atoms with E-state index in [0.717, 1.165) is 6.26 Å². The summed E-state index contributed by atoms with van der Waals surface area (Å²) in [6.45, 7) is 2.72. The molecule has 1 unspecified atom stereocenters. The van der Waals surface area contributed by atoms with Gasteiger partial charge in [0.05, 0.1) is 25.3 Å². The molecule has 2 amide bonds. The summed E-state index contributed by atoms with van der Waals surface area (Å²) >= 11 is 0. The summed E-state index contributed by atoms with van der Waals surface area (Å²) in [5.74, 6) is -1.30. The molecule has 160 valence electrons. The Labute approximate surface area is 171 Å². The van der Waals surface area contributed by atoms with E-state index in [4.69, 9.17) is 4.74 Å². The highest BCUT2D eigenvalue weighted by atomic mass is 32.2. The Hall–Kier alpha value is -2.62. The number of carbonyl (C=O) groups is 3. The van der Waals surface area contributed by atoms with Gasteiger partial charge in [0.15, 0.2) is 0 Å². The summed E-state index contributed by atoms with van der Waals surface area (Å²) in [6.07, 6.45) is 2.40. The number of hydrogen-bond acceptors (Lipinski definition) is 6. The van der Waals surface area contributed by atoms with Gasteiger partial charge in [-0.05, 0) is 38.0 Å². The predicted molar refractivity (Wildman–Crippen MR) is 108 cm³/mol. The van der Waals surface area contributed by atoms with Gasteiger partial charge in [-0.2, -0.15) is 0 Å². The minimum absolute atomic E-state index is 0.141. The number of carbonyl (C=O) groups excluding carboxylic acids is 3. The average Bonchev–Trinajstić information content (AvgIpc) is 2.66. The van der Waals surface area contributed by atoms with Gasteiger partial charge in [-0.15, -0.1) is 0 Å². The van der Waals surface area contributed by atoms with Gasteiger partial charge < -0.3 is 14.5 Å². The van der Waals surface area contributed by atoms with E-state index < -0.39 is 15.9 Å². The van der Waals surface area contributed by atoms with E-state index in [0.29, 0.717) is 26.0 Å². The van der Waals surface area contributed by atoms with Crippen molar-refractivity contribution in [3.05, 3.63) is 29.8 Å². The molecule has 1 aliphatic rings. The van der Waals surface area contributed by atoms with Gasteiger partial charge in [0.2, 0.25) is 15.9 Å². The number of rotatable bonds is 7. The highest BCUT2D eigenvalue weighted by Crippen LogP contribution is 2.19. The van der Waals surface area contributed by atoms with Crippen LogP contribution in [0.2, 0.25) is 0 Å². The normalized spacial score (nSPS) is 16.8. The average molecular weight is 426 g/mol. The van der Waals surface area contributed by atoms with Crippen molar-refractivity contribution in [3.8, 4) is 0 Å². The summed E-state index contributed by atoms with van der Waals surface area (Å²) in [5.41, 5.74) is 0.531. The summed E-state index contributed by atoms with van der Waals surface area (Å²) in [6, 6.07) is 6.06. The topological polar surface area (TPSA) is 113 Å². The number of amides is 2. The van der Waals surface area contributed by atoms with Crippen LogP contribution in [0.3, 0.4) is 0 Å². The van der Waals surface area contributed by atoms with Crippen LogP contribution in [-0.2, 0) is 24.3 Å². The van der Waals surface area contributed by atoms with Crippen molar-refractivity contribution in [2.75, 3.05) is 44.3 Å². The molecule has 0 bridgehead atoms. The van der Waals surface area contributed by atoms with Crippen LogP contribution in [0.25, 0.3) is 0 Å². The van der Waals surface area contributed by atoms with Gasteiger partial charge >= 0.3 is 5.97 Å². The SMILES string of the molecule is CCOC(=O)C1CCCN(C(=O)CN(C)C(=O)c2cccc(NS(C)(=O)=O)c2)C1. The summed E-state index contributed by atoms with van der Waals surface area (Å²) < 4.78 is 30.1. The number of hydrogen-bond donors (Lipinski definition) is 1. The standard InChI is InChI=1S/C19H27N3O6S/c1-4-28-19(25)15-8-6-10-22(12-15)17(23)13-21(2)18(24)14-7-5-9-16(11-14)20-29(3,26)27/h5,7,9,11,15,20H,4,6,8,10,12-13H2,1-3H3. The second-order valence-electron chi connectivity index (χ2n) is 7.05. The molecular formula is C19H27N3O6S. The molecule has 1 heterocycles. The van der Waals surface area contributed by atoms with Crippen molar-refractivity contribution >= 4 is 33.5 Å². The van der Waals surface area contributed by atoms with E-state index in [1.54, 1.807) is 24.0 Å². The van der Waals surface area contributed by atoms with Crippen LogP contribution in [0.15, 0.2) is 24.3 Å². The number of nitrogens with one attached hydrogen (secondary N) is 1. The van der Waals surface area contributed by atoms with E-state index in [9.17, 15) is 22.8 Å². The number of ether oxygens (including phenoxy) is 1. The first-order chi connectivity index (χ1) is 13.6. The van der Waals surface area contributed by atoms with E-state index in [1.807, 2.05) is 0 Å². The maximum absolute atomic E-state index is 12.6. The molecular weight excluding hydrogens is 398 g/mol. The highest BCUT2D eigenvalue weighted by molar-refractivity contribution is 7.92. The van der Waals surface area contributed by atoms with Gasteiger partial charge in [0, 0.05) is 31.4 Å². The van der Waals surface area contributed by atoms with Gasteiger partial charge in [-0.1, -0.05) is 6.07 Å². The van der Waals surface area contributed by atoms with Crippen molar-refractivity contribution in [1.82, 2.24) is 9.80 Å². The maximum Gasteiger partial charge on any atom is 0.310 e. The third kappa shape index (κ3) is 6.74. The van der Waals surface area contributed by atoms with Crippen LogP contribution < -0.4 is 4.72 Å². The number of piperidine rings is 1. The Morgan fingerprint density at radius 2 is 2.03 bits per heavy atom. The van der Waals surface area contributed by atoms with Gasteiger partial charge in [0.25, 0.3) is 5.91 Å². The van der Waals surface area contributed by atoms with Crippen LogP contribution >= 0.6 is 0 Å². The quantitative estimate of drug-likeness (QED) is 0.651. The van der Waals surface area contributed by atoms with Crippen molar-refractivity contribution in [3.63, 3.8) is 0 Å². The second kappa shape index (κ2) is 9.73. The zero-order valence-electron chi connectivity index (χ0n) is 16.9. The van der Waals surface area contributed by atoms with Crippen LogP contribution in [-0.4, -0.2) is 75.5 Å². The molecule has 10 heteroatoms. The Balaban J connectivity index is 1.99. The van der Waals surface area contributed by atoms with Crippen molar-refractivity contribution < 1.29 is 27.5 Å². The molecule has 1 aromatic rings. The lowest BCUT2D eigenvalue weighted by molar-refractivity contribution is -0.151. The molecule has 0 saturated carbocycles. The Morgan fingerprint density at radius 1 is 1.31 bits per heavy atom. The Bertz CT molecular complexity index is 870. The number of sulfonamides is 1. The molecule has 1 atom stereocenters. The zero-order valence-corrected chi connectivity index (χ0v) is 17.7. The van der Waals surface area contributed by atoms with E-state index in [2.05, 4.69) is 4.72 Å². The summed E-state index contributed by atoms with van der Waals surface area (Å²) in [7, 11) is -1.96. The summed E-state index contributed by atoms with van der Waals surface area (Å²) in [4.78, 5) is 40.0. The number of esters is 1. The molecule has 1 aromatic carbocycles. The molecule has 0 aromatic heterocycles. The fourth-order valence-electron chi connectivity index (χ4n) is 3.18. The number of nitrogens with zero attached hydrogens (tertiary/aromatic N) is 2. The lowest BCUT2D eigenvalue weighted by atomic mass is 9.98. The minimum atomic E-state index is -3.46. The monoisotopic (exact) mass is 425 g/mol. The summed E-state index contributed by atoms with van der Waals surface area (Å²) in [5, 5.41) is 0. The smallest absolute Gasteiger partial charge is 0.310 e. The fourth-order valence-corrected chi connectivity index (χ4v) is 3.74. The molecule has 0 radical (unpaired) electrons. The number of anilines is 1. The largest absolute Gasteiger partial charge is 0.466 e. The first-order valence-electron chi connectivity index (χ1n) is 9.38. The van der Waals surface area contributed by atoms with Gasteiger partial charge in [-0.25, -0.2) is 8.42 Å². The van der Waals surface area contributed by atoms with Crippen LogP contribution in [0.4, 0.5) is 5.69 Å². The van der Waals surface area contributed by atoms with Gasteiger partial charge in [0.1, 0.15) is 0 Å². The molecule has 1 N–H and O–H groups in total. The third-order valence-corrected chi connectivity index (χ3v) is 5.13. The van der Waals surface area contributed by atoms with E-state index in [1.165, 1.54) is 24.1 Å². The predicted octanol–water partition coefficient (Wildman–Crippen LogP) is 0.932. The molecule has 9 nitrogen and oxygen atoms in total.